The molecule has 1 aromatic rings. The zero-order valence-electron chi connectivity index (χ0n) is 9.48. The summed E-state index contributed by atoms with van der Waals surface area (Å²) >= 11 is 0. The smallest absolute Gasteiger partial charge is 0.165 e. The summed E-state index contributed by atoms with van der Waals surface area (Å²) in [6.07, 6.45) is 6.01. The molecule has 0 bridgehead atoms. The van der Waals surface area contributed by atoms with Crippen molar-refractivity contribution < 1.29 is 9.53 Å². The lowest BCUT2D eigenvalue weighted by Crippen LogP contribution is -2.14. The van der Waals surface area contributed by atoms with E-state index >= 15 is 0 Å². The Kier molecular flexibility index (Phi) is 5.31. The van der Waals surface area contributed by atoms with Crippen LogP contribution in [0.4, 0.5) is 0 Å². The average Bonchev–Trinajstić information content (AvgIpc) is 2.30. The van der Waals surface area contributed by atoms with Gasteiger partial charge in [-0.15, -0.1) is 12.3 Å². The van der Waals surface area contributed by atoms with Crippen molar-refractivity contribution in [3.05, 3.63) is 35.9 Å². The second-order valence-corrected chi connectivity index (χ2v) is 3.63. The lowest BCUT2D eigenvalue weighted by atomic mass is 10.1. The summed E-state index contributed by atoms with van der Waals surface area (Å²) in [4.78, 5) is 11.8. The van der Waals surface area contributed by atoms with Gasteiger partial charge in [0.1, 0.15) is 0 Å². The van der Waals surface area contributed by atoms with Crippen LogP contribution >= 0.6 is 0 Å². The fourth-order valence-corrected chi connectivity index (χ4v) is 1.38. The molecule has 0 amide bonds. The molecule has 0 aliphatic carbocycles. The summed E-state index contributed by atoms with van der Waals surface area (Å²) < 4.78 is 5.41. The molecule has 0 fully saturated rings. The first-order valence-corrected chi connectivity index (χ1v) is 5.37. The van der Waals surface area contributed by atoms with E-state index in [1.807, 2.05) is 37.3 Å². The molecule has 2 nitrogen and oxygen atoms in total. The lowest BCUT2D eigenvalue weighted by molar-refractivity contribution is 0.0571. The predicted molar refractivity (Wildman–Crippen MR) is 64.3 cm³/mol. The Balaban J connectivity index is 2.37. The molecule has 1 rings (SSSR count). The molecule has 0 saturated heterocycles. The largest absolute Gasteiger partial charge is 0.377 e. The van der Waals surface area contributed by atoms with Crippen LogP contribution in [0.3, 0.4) is 0 Å². The second-order valence-electron chi connectivity index (χ2n) is 3.63. The summed E-state index contributed by atoms with van der Waals surface area (Å²) in [6.45, 7) is 2.40. The minimum atomic E-state index is -0.0824. The molecule has 0 aliphatic rings. The van der Waals surface area contributed by atoms with Gasteiger partial charge in [-0.3, -0.25) is 4.79 Å². The predicted octanol–water partition coefficient (Wildman–Crippen LogP) is 2.69. The van der Waals surface area contributed by atoms with Crippen LogP contribution in [0.5, 0.6) is 0 Å². The van der Waals surface area contributed by atoms with Crippen molar-refractivity contribution >= 4 is 5.78 Å². The normalized spacial score (nSPS) is 11.8. The topological polar surface area (TPSA) is 26.3 Å². The first-order chi connectivity index (χ1) is 7.74. The Morgan fingerprint density at radius 1 is 1.44 bits per heavy atom. The maximum atomic E-state index is 11.8. The first kappa shape index (κ1) is 12.5. The summed E-state index contributed by atoms with van der Waals surface area (Å²) in [7, 11) is 0. The fourth-order valence-electron chi connectivity index (χ4n) is 1.38. The van der Waals surface area contributed by atoms with Crippen LogP contribution in [0.2, 0.25) is 0 Å². The minimum absolute atomic E-state index is 0.0824. The molecule has 1 atom stereocenters. The highest BCUT2D eigenvalue weighted by Crippen LogP contribution is 2.07. The summed E-state index contributed by atoms with van der Waals surface area (Å²) in [5.74, 6) is 2.60. The third-order valence-corrected chi connectivity index (χ3v) is 2.22. The summed E-state index contributed by atoms with van der Waals surface area (Å²) in [5, 5.41) is 0. The maximum Gasteiger partial charge on any atom is 0.165 e. The van der Waals surface area contributed by atoms with E-state index < -0.39 is 0 Å². The lowest BCUT2D eigenvalue weighted by Gasteiger charge is -2.11. The molecule has 0 N–H and O–H groups in total. The first-order valence-electron chi connectivity index (χ1n) is 5.37. The van der Waals surface area contributed by atoms with E-state index in [9.17, 15) is 4.79 Å². The number of rotatable bonds is 6. The van der Waals surface area contributed by atoms with Crippen LogP contribution < -0.4 is 0 Å². The molecule has 0 heterocycles. The van der Waals surface area contributed by atoms with Gasteiger partial charge in [-0.1, -0.05) is 30.3 Å². The van der Waals surface area contributed by atoms with Crippen LogP contribution in [0, 0.1) is 12.3 Å². The van der Waals surface area contributed by atoms with Gasteiger partial charge in [0.2, 0.25) is 0 Å². The summed E-state index contributed by atoms with van der Waals surface area (Å²) in [5.41, 5.74) is 0.731. The molecular weight excluding hydrogens is 200 g/mol. The molecule has 0 aromatic heterocycles. The maximum absolute atomic E-state index is 11.8. The molecule has 1 unspecified atom stereocenters. The third-order valence-electron chi connectivity index (χ3n) is 2.22. The Hall–Kier alpha value is -1.59. The van der Waals surface area contributed by atoms with Gasteiger partial charge in [0.05, 0.1) is 12.7 Å². The molecular formula is C14H16O2. The SMILES string of the molecule is C#CCCOC(C)CC(=O)c1ccccc1. The number of ether oxygens (including phenoxy) is 1. The molecule has 0 aliphatic heterocycles. The molecule has 16 heavy (non-hydrogen) atoms. The highest BCUT2D eigenvalue weighted by atomic mass is 16.5. The van der Waals surface area contributed by atoms with Gasteiger partial charge >= 0.3 is 0 Å². The second kappa shape index (κ2) is 6.81. The van der Waals surface area contributed by atoms with E-state index in [0.717, 1.165) is 5.56 Å². The number of terminal acetylenes is 1. The van der Waals surface area contributed by atoms with Crippen molar-refractivity contribution in [2.75, 3.05) is 6.61 Å². The van der Waals surface area contributed by atoms with Crippen LogP contribution in [0.25, 0.3) is 0 Å². The van der Waals surface area contributed by atoms with Crippen LogP contribution in [-0.2, 0) is 4.74 Å². The van der Waals surface area contributed by atoms with Gasteiger partial charge in [0, 0.05) is 18.4 Å². The molecule has 84 valence electrons. The van der Waals surface area contributed by atoms with Crippen LogP contribution in [-0.4, -0.2) is 18.5 Å². The number of carbonyl (C=O) groups is 1. The fraction of sp³-hybridized carbons (Fsp3) is 0.357. The zero-order chi connectivity index (χ0) is 11.8. The number of Topliss-reactive ketones (excluding diaryl/α,β-unsaturated/α-hetero) is 1. The Morgan fingerprint density at radius 2 is 2.12 bits per heavy atom. The standard InChI is InChI=1S/C14H16O2/c1-3-4-10-16-12(2)11-14(15)13-8-6-5-7-9-13/h1,5-9,12H,4,10-11H2,2H3. The number of hydrogen-bond acceptors (Lipinski definition) is 2. The number of benzene rings is 1. The van der Waals surface area contributed by atoms with Gasteiger partial charge in [-0.2, -0.15) is 0 Å². The minimum Gasteiger partial charge on any atom is -0.377 e. The van der Waals surface area contributed by atoms with E-state index in [2.05, 4.69) is 5.92 Å². The third kappa shape index (κ3) is 4.29. The highest BCUT2D eigenvalue weighted by Gasteiger charge is 2.10. The Bertz CT molecular complexity index is 362. The van der Waals surface area contributed by atoms with Crippen molar-refractivity contribution in [2.45, 2.75) is 25.9 Å². The van der Waals surface area contributed by atoms with Gasteiger partial charge in [0.25, 0.3) is 0 Å². The van der Waals surface area contributed by atoms with Crippen molar-refractivity contribution in [1.82, 2.24) is 0 Å². The Labute approximate surface area is 96.6 Å². The van der Waals surface area contributed by atoms with E-state index in [0.29, 0.717) is 19.4 Å². The van der Waals surface area contributed by atoms with E-state index in [1.54, 1.807) is 0 Å². The monoisotopic (exact) mass is 216 g/mol. The van der Waals surface area contributed by atoms with Crippen LogP contribution in [0.15, 0.2) is 30.3 Å². The molecule has 2 heteroatoms. The summed E-state index contributed by atoms with van der Waals surface area (Å²) in [6, 6.07) is 9.24. The molecule has 0 saturated carbocycles. The molecule has 1 aromatic carbocycles. The average molecular weight is 216 g/mol. The van der Waals surface area contributed by atoms with E-state index in [1.165, 1.54) is 0 Å². The van der Waals surface area contributed by atoms with Gasteiger partial charge in [-0.25, -0.2) is 0 Å². The number of carbonyl (C=O) groups excluding carboxylic acids is 1. The highest BCUT2D eigenvalue weighted by molar-refractivity contribution is 5.96. The number of ketones is 1. The van der Waals surface area contributed by atoms with Gasteiger partial charge in [-0.05, 0) is 6.92 Å². The molecule has 0 spiro atoms. The van der Waals surface area contributed by atoms with Crippen molar-refractivity contribution in [1.29, 1.82) is 0 Å². The van der Waals surface area contributed by atoms with Crippen molar-refractivity contribution in [2.24, 2.45) is 0 Å². The quantitative estimate of drug-likeness (QED) is 0.415. The van der Waals surface area contributed by atoms with Crippen LogP contribution in [0.1, 0.15) is 30.1 Å². The van der Waals surface area contributed by atoms with Crippen molar-refractivity contribution in [3.63, 3.8) is 0 Å². The number of hydrogen-bond donors (Lipinski definition) is 0. The van der Waals surface area contributed by atoms with E-state index in [4.69, 9.17) is 11.2 Å². The van der Waals surface area contributed by atoms with Crippen molar-refractivity contribution in [3.8, 4) is 12.3 Å². The van der Waals surface area contributed by atoms with Gasteiger partial charge < -0.3 is 4.74 Å². The molecule has 0 radical (unpaired) electrons. The zero-order valence-corrected chi connectivity index (χ0v) is 9.48. The Morgan fingerprint density at radius 3 is 2.75 bits per heavy atom. The van der Waals surface area contributed by atoms with E-state index in [-0.39, 0.29) is 11.9 Å². The van der Waals surface area contributed by atoms with Gasteiger partial charge in [0.15, 0.2) is 5.78 Å².